The molecule has 4 rings (SSSR count). The molecule has 0 aliphatic rings. The highest BCUT2D eigenvalue weighted by atomic mass is 16.6. The van der Waals surface area contributed by atoms with Gasteiger partial charge in [0.05, 0.1) is 58.5 Å². The summed E-state index contributed by atoms with van der Waals surface area (Å²) in [6, 6.07) is 15.1. The third-order valence-electron chi connectivity index (χ3n) is 6.00. The number of methoxy groups -OCH3 is 2. The minimum Gasteiger partial charge on any atom is -0.493 e. The van der Waals surface area contributed by atoms with Crippen molar-refractivity contribution in [3.63, 3.8) is 0 Å². The van der Waals surface area contributed by atoms with Crippen molar-refractivity contribution in [2.45, 2.75) is 0 Å². The molecule has 0 bridgehead atoms. The number of benzene rings is 4. The third kappa shape index (κ3) is 7.50. The fourth-order valence-corrected chi connectivity index (χ4v) is 3.83. The molecule has 18 nitrogen and oxygen atoms in total. The Morgan fingerprint density at radius 1 is 0.500 bits per heavy atom. The summed E-state index contributed by atoms with van der Waals surface area (Å²) in [6.07, 6.45) is 2.78. The fourth-order valence-electron chi connectivity index (χ4n) is 3.83. The van der Waals surface area contributed by atoms with E-state index in [-0.39, 0.29) is 34.5 Å². The van der Waals surface area contributed by atoms with E-state index in [0.717, 1.165) is 36.4 Å². The van der Waals surface area contributed by atoms with E-state index < -0.39 is 42.4 Å². The topological polar surface area (TPSA) is 234 Å². The highest BCUT2D eigenvalue weighted by Gasteiger charge is 2.23. The Labute approximate surface area is 257 Å². The number of nitro benzene ring substituents is 4. The molecule has 0 unspecified atom stereocenters. The summed E-state index contributed by atoms with van der Waals surface area (Å²) in [7, 11) is 2.71. The molecular formula is C28H20N6O12. The van der Waals surface area contributed by atoms with E-state index in [9.17, 15) is 40.5 Å². The minimum absolute atomic E-state index is 0.105. The molecule has 0 saturated heterocycles. The predicted molar refractivity (Wildman–Crippen MR) is 161 cm³/mol. The van der Waals surface area contributed by atoms with Crippen LogP contribution in [0.4, 0.5) is 22.7 Å². The molecule has 0 spiro atoms. The van der Waals surface area contributed by atoms with Gasteiger partial charge in [-0.1, -0.05) is 0 Å². The molecule has 18 heteroatoms. The van der Waals surface area contributed by atoms with Crippen molar-refractivity contribution < 1.29 is 38.6 Å². The molecule has 0 aromatic heterocycles. The SMILES string of the molecule is COc1cc(C=NN=Cc2ccc(Oc3ccc([N+](=O)[O-])cc3[N+](=O)[O-])c(OC)c2)ccc1Oc1ccc([N+](=O)[O-])cc1[N+](=O)[O-]. The lowest BCUT2D eigenvalue weighted by Crippen LogP contribution is -1.98. The van der Waals surface area contributed by atoms with Crippen LogP contribution in [-0.4, -0.2) is 46.3 Å². The van der Waals surface area contributed by atoms with Gasteiger partial charge < -0.3 is 18.9 Å². The quantitative estimate of drug-likeness (QED) is 0.0887. The average molecular weight is 632 g/mol. The second kappa shape index (κ2) is 14.0. The van der Waals surface area contributed by atoms with Crippen molar-refractivity contribution in [1.82, 2.24) is 0 Å². The second-order valence-corrected chi connectivity index (χ2v) is 8.85. The molecule has 46 heavy (non-hydrogen) atoms. The van der Waals surface area contributed by atoms with Gasteiger partial charge in [-0.3, -0.25) is 40.5 Å². The van der Waals surface area contributed by atoms with Crippen molar-refractivity contribution in [2.24, 2.45) is 10.2 Å². The van der Waals surface area contributed by atoms with Crippen LogP contribution in [0.1, 0.15) is 11.1 Å². The van der Waals surface area contributed by atoms with Crippen LogP contribution in [0.2, 0.25) is 0 Å². The van der Waals surface area contributed by atoms with E-state index in [0.29, 0.717) is 11.1 Å². The van der Waals surface area contributed by atoms with Crippen LogP contribution in [-0.2, 0) is 0 Å². The summed E-state index contributed by atoms with van der Waals surface area (Å²) in [5, 5.41) is 52.8. The normalized spacial score (nSPS) is 10.9. The molecule has 4 aromatic rings. The van der Waals surface area contributed by atoms with Crippen molar-refractivity contribution >= 4 is 35.2 Å². The minimum atomic E-state index is -0.797. The van der Waals surface area contributed by atoms with E-state index in [2.05, 4.69) is 10.2 Å². The molecule has 0 heterocycles. The largest absolute Gasteiger partial charge is 0.493 e. The molecular weight excluding hydrogens is 612 g/mol. The standard InChI is InChI=1S/C28H20N6O12/c1-43-27-11-17(3-7-25(27)45-23-9-5-19(31(35)36)13-21(23)33(39)40)15-29-30-16-18-4-8-26(28(12-18)44-2)46-24-10-6-20(32(37)38)14-22(24)34(41)42/h3-16H,1-2H3. The van der Waals surface area contributed by atoms with Crippen LogP contribution in [0.3, 0.4) is 0 Å². The zero-order valence-electron chi connectivity index (χ0n) is 23.7. The Hall–Kier alpha value is -6.98. The van der Waals surface area contributed by atoms with Gasteiger partial charge in [-0.2, -0.15) is 10.2 Å². The maximum Gasteiger partial charge on any atom is 0.318 e. The first-order valence-electron chi connectivity index (χ1n) is 12.6. The van der Waals surface area contributed by atoms with Gasteiger partial charge in [-0.05, 0) is 59.7 Å². The summed E-state index contributed by atoms with van der Waals surface area (Å²) in [4.78, 5) is 41.7. The molecule has 0 aliphatic carbocycles. The van der Waals surface area contributed by atoms with Gasteiger partial charge in [-0.25, -0.2) is 0 Å². The smallest absolute Gasteiger partial charge is 0.318 e. The number of hydrogen-bond donors (Lipinski definition) is 0. The average Bonchev–Trinajstić information content (AvgIpc) is 3.04. The fraction of sp³-hybridized carbons (Fsp3) is 0.0714. The van der Waals surface area contributed by atoms with E-state index in [1.54, 1.807) is 12.1 Å². The lowest BCUT2D eigenvalue weighted by atomic mass is 10.2. The number of nitrogens with zero attached hydrogens (tertiary/aromatic N) is 6. The first kappa shape index (κ1) is 31.9. The van der Waals surface area contributed by atoms with Gasteiger partial charge in [0.2, 0.25) is 11.5 Å². The van der Waals surface area contributed by atoms with Gasteiger partial charge in [-0.15, -0.1) is 0 Å². The van der Waals surface area contributed by atoms with Gasteiger partial charge in [0.15, 0.2) is 23.0 Å². The molecule has 234 valence electrons. The number of nitro groups is 4. The lowest BCUT2D eigenvalue weighted by molar-refractivity contribution is -0.394. The number of ether oxygens (including phenoxy) is 4. The zero-order chi connectivity index (χ0) is 33.4. The summed E-state index contributed by atoms with van der Waals surface area (Å²) < 4.78 is 21.9. The first-order valence-corrected chi connectivity index (χ1v) is 12.6. The molecule has 0 atom stereocenters. The summed E-state index contributed by atoms with van der Waals surface area (Å²) >= 11 is 0. The Kier molecular flexibility index (Phi) is 9.72. The Balaban J connectivity index is 1.48. The number of rotatable bonds is 13. The van der Waals surface area contributed by atoms with Gasteiger partial charge in [0.1, 0.15) is 0 Å². The maximum atomic E-state index is 11.4. The van der Waals surface area contributed by atoms with Crippen molar-refractivity contribution in [1.29, 1.82) is 0 Å². The van der Waals surface area contributed by atoms with Gasteiger partial charge >= 0.3 is 11.4 Å². The Morgan fingerprint density at radius 2 is 0.870 bits per heavy atom. The van der Waals surface area contributed by atoms with Crippen molar-refractivity contribution in [3.8, 4) is 34.5 Å². The highest BCUT2D eigenvalue weighted by molar-refractivity contribution is 5.84. The molecule has 0 amide bonds. The van der Waals surface area contributed by atoms with Crippen molar-refractivity contribution in [3.05, 3.63) is 124 Å². The van der Waals surface area contributed by atoms with Crippen LogP contribution in [0, 0.1) is 40.5 Å². The van der Waals surface area contributed by atoms with E-state index >= 15 is 0 Å². The third-order valence-corrected chi connectivity index (χ3v) is 6.00. The van der Waals surface area contributed by atoms with Crippen LogP contribution in [0.5, 0.6) is 34.5 Å². The molecule has 0 aliphatic heterocycles. The second-order valence-electron chi connectivity index (χ2n) is 8.85. The van der Waals surface area contributed by atoms with E-state index in [4.69, 9.17) is 18.9 Å². The highest BCUT2D eigenvalue weighted by Crippen LogP contribution is 2.39. The maximum absolute atomic E-state index is 11.4. The van der Waals surface area contributed by atoms with E-state index in [1.807, 2.05) is 0 Å². The Morgan fingerprint density at radius 3 is 1.20 bits per heavy atom. The summed E-state index contributed by atoms with van der Waals surface area (Å²) in [6.45, 7) is 0. The summed E-state index contributed by atoms with van der Waals surface area (Å²) in [5.41, 5.74) is -1.08. The van der Waals surface area contributed by atoms with Gasteiger partial charge in [0, 0.05) is 12.1 Å². The first-order chi connectivity index (χ1) is 22.0. The van der Waals surface area contributed by atoms with Crippen LogP contribution in [0.25, 0.3) is 0 Å². The number of hydrogen-bond acceptors (Lipinski definition) is 14. The van der Waals surface area contributed by atoms with Gasteiger partial charge in [0.25, 0.3) is 11.4 Å². The molecule has 0 N–H and O–H groups in total. The van der Waals surface area contributed by atoms with Crippen LogP contribution >= 0.6 is 0 Å². The molecule has 0 radical (unpaired) electrons. The summed E-state index contributed by atoms with van der Waals surface area (Å²) in [5.74, 6) is 0.140. The van der Waals surface area contributed by atoms with Crippen molar-refractivity contribution in [2.75, 3.05) is 14.2 Å². The Bertz CT molecular complexity index is 1770. The molecule has 4 aromatic carbocycles. The lowest BCUT2D eigenvalue weighted by Gasteiger charge is -2.11. The molecule has 0 fully saturated rings. The molecule has 0 saturated carbocycles. The van der Waals surface area contributed by atoms with Crippen LogP contribution in [0.15, 0.2) is 83.0 Å². The zero-order valence-corrected chi connectivity index (χ0v) is 23.7. The monoisotopic (exact) mass is 632 g/mol. The van der Waals surface area contributed by atoms with Crippen LogP contribution < -0.4 is 18.9 Å². The number of non-ortho nitro benzene ring substituents is 2. The van der Waals surface area contributed by atoms with E-state index in [1.165, 1.54) is 50.9 Å². The predicted octanol–water partition coefficient (Wildman–Crippen LogP) is 6.37.